The molecule has 0 unspecified atom stereocenters. The molecule has 1 aromatic carbocycles. The summed E-state index contributed by atoms with van der Waals surface area (Å²) in [6, 6.07) is 5.63. The zero-order valence-electron chi connectivity index (χ0n) is 17.5. The fourth-order valence-electron chi connectivity index (χ4n) is 2.12. The lowest BCUT2D eigenvalue weighted by Crippen LogP contribution is -2.50. The van der Waals surface area contributed by atoms with Crippen molar-refractivity contribution in [3.8, 4) is 0 Å². The van der Waals surface area contributed by atoms with Gasteiger partial charge in [-0.3, -0.25) is 9.59 Å². The van der Waals surface area contributed by atoms with E-state index < -0.39 is 23.8 Å². The first-order valence-corrected chi connectivity index (χ1v) is 9.31. The van der Waals surface area contributed by atoms with Crippen LogP contribution in [0, 0.1) is 5.92 Å². The smallest absolute Gasteiger partial charge is 0.407 e. The third-order valence-corrected chi connectivity index (χ3v) is 3.83. The predicted octanol–water partition coefficient (Wildman–Crippen LogP) is 2.14. The van der Waals surface area contributed by atoms with E-state index in [0.29, 0.717) is 12.2 Å². The highest BCUT2D eigenvalue weighted by Crippen LogP contribution is 2.11. The summed E-state index contributed by atoms with van der Waals surface area (Å²) in [5.74, 6) is -0.720. The van der Waals surface area contributed by atoms with E-state index in [2.05, 4.69) is 16.0 Å². The molecule has 2 atom stereocenters. The minimum Gasteiger partial charge on any atom is -0.444 e. The molecule has 0 saturated heterocycles. The van der Waals surface area contributed by atoms with Crippen LogP contribution in [-0.2, 0) is 20.9 Å². The molecule has 0 aliphatic carbocycles. The number of anilines is 1. The Balaban J connectivity index is 2.52. The average molecular weight is 393 g/mol. The molecular formula is C20H32N4O4. The number of amides is 3. The minimum atomic E-state index is -0.717. The van der Waals surface area contributed by atoms with Crippen molar-refractivity contribution in [2.45, 2.75) is 65.8 Å². The summed E-state index contributed by atoms with van der Waals surface area (Å²) in [4.78, 5) is 35.8. The third kappa shape index (κ3) is 8.39. The van der Waals surface area contributed by atoms with Gasteiger partial charge in [-0.15, -0.1) is 0 Å². The van der Waals surface area contributed by atoms with Gasteiger partial charge in [0.05, 0.1) is 6.04 Å². The molecule has 156 valence electrons. The quantitative estimate of drug-likeness (QED) is 0.566. The van der Waals surface area contributed by atoms with Gasteiger partial charge in [0.2, 0.25) is 11.8 Å². The molecule has 8 nitrogen and oxygen atoms in total. The number of carbonyl (C=O) groups excluding carboxylic acids is 3. The van der Waals surface area contributed by atoms with Gasteiger partial charge < -0.3 is 26.4 Å². The van der Waals surface area contributed by atoms with Gasteiger partial charge in [-0.25, -0.2) is 4.79 Å². The molecule has 0 aromatic heterocycles. The fourth-order valence-corrected chi connectivity index (χ4v) is 2.12. The summed E-state index contributed by atoms with van der Waals surface area (Å²) in [7, 11) is 0. The summed E-state index contributed by atoms with van der Waals surface area (Å²) >= 11 is 0. The van der Waals surface area contributed by atoms with Crippen molar-refractivity contribution < 1.29 is 19.1 Å². The average Bonchev–Trinajstić information content (AvgIpc) is 2.58. The van der Waals surface area contributed by atoms with Crippen molar-refractivity contribution in [1.82, 2.24) is 10.6 Å². The molecule has 28 heavy (non-hydrogen) atoms. The van der Waals surface area contributed by atoms with Crippen LogP contribution in [0.2, 0.25) is 0 Å². The van der Waals surface area contributed by atoms with Crippen molar-refractivity contribution in [2.75, 3.05) is 5.32 Å². The number of nitrogens with one attached hydrogen (secondary N) is 3. The maximum Gasteiger partial charge on any atom is 0.407 e. The van der Waals surface area contributed by atoms with Crippen molar-refractivity contribution in [1.29, 1.82) is 0 Å². The summed E-state index contributed by atoms with van der Waals surface area (Å²) < 4.78 is 5.17. The predicted molar refractivity (Wildman–Crippen MR) is 109 cm³/mol. The first kappa shape index (κ1) is 23.4. The Kier molecular flexibility index (Phi) is 8.43. The fraction of sp³-hybridized carbons (Fsp3) is 0.550. The monoisotopic (exact) mass is 392 g/mol. The van der Waals surface area contributed by atoms with Crippen molar-refractivity contribution in [3.05, 3.63) is 29.8 Å². The Morgan fingerprint density at radius 3 is 2.11 bits per heavy atom. The van der Waals surface area contributed by atoms with Crippen LogP contribution in [0.5, 0.6) is 0 Å². The Hall–Kier alpha value is -2.61. The lowest BCUT2D eigenvalue weighted by atomic mass is 10.0. The lowest BCUT2D eigenvalue weighted by Gasteiger charge is -2.20. The minimum absolute atomic E-state index is 0.0166. The zero-order valence-corrected chi connectivity index (χ0v) is 17.5. The van der Waals surface area contributed by atoms with E-state index in [9.17, 15) is 14.4 Å². The van der Waals surface area contributed by atoms with Gasteiger partial charge in [0.15, 0.2) is 0 Å². The highest BCUT2D eigenvalue weighted by molar-refractivity contribution is 5.97. The summed E-state index contributed by atoms with van der Waals surface area (Å²) in [6.45, 7) is 11.0. The van der Waals surface area contributed by atoms with E-state index in [1.54, 1.807) is 52.0 Å². The van der Waals surface area contributed by atoms with E-state index in [4.69, 9.17) is 10.5 Å². The first-order valence-electron chi connectivity index (χ1n) is 9.31. The topological polar surface area (TPSA) is 123 Å². The summed E-state index contributed by atoms with van der Waals surface area (Å²) in [6.07, 6.45) is -0.492. The number of nitrogens with two attached hydrogens (primary N) is 1. The first-order chi connectivity index (χ1) is 12.9. The Morgan fingerprint density at radius 2 is 1.61 bits per heavy atom. The molecular weight excluding hydrogens is 360 g/mol. The van der Waals surface area contributed by atoms with Gasteiger partial charge in [-0.1, -0.05) is 26.0 Å². The number of rotatable bonds is 7. The van der Waals surface area contributed by atoms with Gasteiger partial charge in [0.25, 0.3) is 0 Å². The molecule has 1 rings (SSSR count). The highest BCUT2D eigenvalue weighted by atomic mass is 16.6. The summed E-state index contributed by atoms with van der Waals surface area (Å²) in [5.41, 5.74) is 6.66. The Morgan fingerprint density at radius 1 is 1.04 bits per heavy atom. The van der Waals surface area contributed by atoms with Crippen LogP contribution in [0.3, 0.4) is 0 Å². The van der Waals surface area contributed by atoms with Crippen LogP contribution in [0.15, 0.2) is 24.3 Å². The number of carbonyl (C=O) groups is 3. The molecule has 0 fully saturated rings. The molecule has 0 aliphatic rings. The lowest BCUT2D eigenvalue weighted by molar-refractivity contribution is -0.127. The molecule has 1 aromatic rings. The van der Waals surface area contributed by atoms with E-state index >= 15 is 0 Å². The number of ether oxygens (including phenoxy) is 1. The maximum absolute atomic E-state index is 12.2. The summed E-state index contributed by atoms with van der Waals surface area (Å²) in [5, 5.41) is 8.01. The van der Waals surface area contributed by atoms with Gasteiger partial charge >= 0.3 is 6.09 Å². The van der Waals surface area contributed by atoms with Crippen LogP contribution >= 0.6 is 0 Å². The Bertz CT molecular complexity index is 680. The van der Waals surface area contributed by atoms with Gasteiger partial charge in [0, 0.05) is 12.2 Å². The molecule has 0 heterocycles. The normalized spacial score (nSPS) is 13.4. The van der Waals surface area contributed by atoms with Crippen molar-refractivity contribution >= 4 is 23.6 Å². The number of alkyl carbamates (subject to hydrolysis) is 1. The number of hydrogen-bond acceptors (Lipinski definition) is 5. The van der Waals surface area contributed by atoms with Crippen LogP contribution in [0.4, 0.5) is 10.5 Å². The Labute approximate surface area is 166 Å². The molecule has 8 heteroatoms. The van der Waals surface area contributed by atoms with Crippen molar-refractivity contribution in [2.24, 2.45) is 11.7 Å². The van der Waals surface area contributed by atoms with E-state index in [1.807, 2.05) is 13.8 Å². The molecule has 3 amide bonds. The molecule has 0 saturated carbocycles. The van der Waals surface area contributed by atoms with Crippen LogP contribution < -0.4 is 21.7 Å². The van der Waals surface area contributed by atoms with Crippen molar-refractivity contribution in [3.63, 3.8) is 0 Å². The molecule has 0 bridgehead atoms. The standard InChI is InChI=1S/C20H32N4O4/c1-12(2)16(21)18(26)23-13(3)17(25)24-15-9-7-14(8-10-15)11-22-19(27)28-20(4,5)6/h7-10,12-13,16H,11,21H2,1-6H3,(H,22,27)(H,23,26)(H,24,25)/t13-,16-/m0/s1. The molecule has 0 spiro atoms. The van der Waals surface area contributed by atoms with Crippen LogP contribution in [-0.4, -0.2) is 35.6 Å². The second kappa shape index (κ2) is 10.1. The zero-order chi connectivity index (χ0) is 21.5. The van der Waals surface area contributed by atoms with Gasteiger partial charge in [0.1, 0.15) is 11.6 Å². The second-order valence-electron chi connectivity index (χ2n) is 8.04. The largest absolute Gasteiger partial charge is 0.444 e. The number of benzene rings is 1. The molecule has 5 N–H and O–H groups in total. The highest BCUT2D eigenvalue weighted by Gasteiger charge is 2.22. The molecule has 0 aliphatic heterocycles. The van der Waals surface area contributed by atoms with Gasteiger partial charge in [-0.05, 0) is 51.3 Å². The second-order valence-corrected chi connectivity index (χ2v) is 8.04. The SMILES string of the molecule is CC(C)[C@H](N)C(=O)N[C@@H](C)C(=O)Nc1ccc(CNC(=O)OC(C)(C)C)cc1. The van der Waals surface area contributed by atoms with E-state index in [1.165, 1.54) is 0 Å². The third-order valence-electron chi connectivity index (χ3n) is 3.83. The van der Waals surface area contributed by atoms with Gasteiger partial charge in [-0.2, -0.15) is 0 Å². The molecule has 0 radical (unpaired) electrons. The van der Waals surface area contributed by atoms with E-state index in [-0.39, 0.29) is 17.7 Å². The number of hydrogen-bond donors (Lipinski definition) is 4. The maximum atomic E-state index is 12.2. The van der Waals surface area contributed by atoms with E-state index in [0.717, 1.165) is 5.56 Å². The van der Waals surface area contributed by atoms with Crippen LogP contribution in [0.1, 0.15) is 47.1 Å². The van der Waals surface area contributed by atoms with Crippen LogP contribution in [0.25, 0.3) is 0 Å².